The average molecular weight is 461 g/mol. The van der Waals surface area contributed by atoms with Crippen molar-refractivity contribution in [2.45, 2.75) is 39.0 Å². The number of hydrogen-bond donors (Lipinski definition) is 0. The van der Waals surface area contributed by atoms with E-state index in [9.17, 15) is 22.0 Å². The minimum absolute atomic E-state index is 0.0550. The zero-order chi connectivity index (χ0) is 23.3. The van der Waals surface area contributed by atoms with E-state index in [2.05, 4.69) is 22.1 Å². The number of nitrogens with zero attached hydrogens (tertiary/aromatic N) is 5. The summed E-state index contributed by atoms with van der Waals surface area (Å²) in [5.41, 5.74) is 0.899. The van der Waals surface area contributed by atoms with Crippen LogP contribution in [0.2, 0.25) is 0 Å². The van der Waals surface area contributed by atoms with Crippen molar-refractivity contribution in [1.29, 1.82) is 0 Å². The molecule has 2 heterocycles. The maximum absolute atomic E-state index is 14.7. The lowest BCUT2D eigenvalue weighted by Crippen LogP contribution is -2.26. The van der Waals surface area contributed by atoms with Gasteiger partial charge < -0.3 is 4.90 Å². The fourth-order valence-electron chi connectivity index (χ4n) is 4.10. The van der Waals surface area contributed by atoms with Crippen molar-refractivity contribution in [3.8, 4) is 0 Å². The van der Waals surface area contributed by atoms with Crippen LogP contribution in [0.1, 0.15) is 31.7 Å². The molecule has 1 aliphatic carbocycles. The van der Waals surface area contributed by atoms with Gasteiger partial charge in [-0.15, -0.1) is 10.2 Å². The summed E-state index contributed by atoms with van der Waals surface area (Å²) < 4.78 is 71.9. The molecule has 33 heavy (non-hydrogen) atoms. The number of benzene rings is 2. The monoisotopic (exact) mass is 461 g/mol. The van der Waals surface area contributed by atoms with Crippen molar-refractivity contribution >= 4 is 28.2 Å². The minimum Gasteiger partial charge on any atom is -0.320 e. The predicted octanol–water partition coefficient (Wildman–Crippen LogP) is 5.83. The molecule has 0 bridgehead atoms. The van der Waals surface area contributed by atoms with Gasteiger partial charge in [-0.2, -0.15) is 4.98 Å². The SMILES string of the molecule is CC1(CCc2cc(F)cc(N(CC(F)F)c3nc4nncn4c4c(F)cc(F)cc34)c2)CC1. The highest BCUT2D eigenvalue weighted by Gasteiger charge is 2.36. The maximum atomic E-state index is 14.7. The number of hydrogen-bond acceptors (Lipinski definition) is 4. The summed E-state index contributed by atoms with van der Waals surface area (Å²) in [4.78, 5) is 5.33. The molecule has 5 nitrogen and oxygen atoms in total. The third-order valence-corrected chi connectivity index (χ3v) is 6.20. The second-order valence-corrected chi connectivity index (χ2v) is 8.85. The molecule has 2 aromatic carbocycles. The van der Waals surface area contributed by atoms with Gasteiger partial charge in [0.25, 0.3) is 12.2 Å². The van der Waals surface area contributed by atoms with Crippen molar-refractivity contribution < 1.29 is 22.0 Å². The topological polar surface area (TPSA) is 46.3 Å². The van der Waals surface area contributed by atoms with E-state index in [1.54, 1.807) is 6.07 Å². The van der Waals surface area contributed by atoms with E-state index in [4.69, 9.17) is 0 Å². The van der Waals surface area contributed by atoms with Crippen molar-refractivity contribution in [3.63, 3.8) is 0 Å². The van der Waals surface area contributed by atoms with Gasteiger partial charge in [-0.1, -0.05) is 6.92 Å². The quantitative estimate of drug-likeness (QED) is 0.325. The first-order valence-electron chi connectivity index (χ1n) is 10.6. The Morgan fingerprint density at radius 3 is 2.55 bits per heavy atom. The van der Waals surface area contributed by atoms with Gasteiger partial charge in [0.2, 0.25) is 0 Å². The summed E-state index contributed by atoms with van der Waals surface area (Å²) in [5, 5.41) is 7.44. The molecular weight excluding hydrogens is 441 g/mol. The molecule has 0 amide bonds. The predicted molar refractivity (Wildman–Crippen MR) is 113 cm³/mol. The van der Waals surface area contributed by atoms with Gasteiger partial charge >= 0.3 is 0 Å². The average Bonchev–Trinajstić information content (AvgIpc) is 3.29. The largest absolute Gasteiger partial charge is 0.320 e. The molecule has 4 aromatic rings. The van der Waals surface area contributed by atoms with Crippen LogP contribution in [0.25, 0.3) is 16.7 Å². The van der Waals surface area contributed by atoms with Crippen LogP contribution in [0.5, 0.6) is 0 Å². The highest BCUT2D eigenvalue weighted by molar-refractivity contribution is 5.94. The number of aromatic nitrogens is 4. The van der Waals surface area contributed by atoms with Crippen molar-refractivity contribution in [3.05, 3.63) is 59.7 Å². The lowest BCUT2D eigenvalue weighted by atomic mass is 9.98. The standard InChI is InChI=1S/C23H20F5N5/c1-23(4-5-23)3-2-13-6-14(24)8-16(7-13)32(11-19(27)28)21-17-9-15(25)10-18(26)20(17)33-12-29-31-22(33)30-21/h6-10,12,19H,2-5,11H2,1H3. The molecule has 1 saturated carbocycles. The van der Waals surface area contributed by atoms with Gasteiger partial charge in [0.05, 0.1) is 12.1 Å². The van der Waals surface area contributed by atoms with Crippen LogP contribution >= 0.6 is 0 Å². The zero-order valence-corrected chi connectivity index (χ0v) is 17.7. The summed E-state index contributed by atoms with van der Waals surface area (Å²) in [7, 11) is 0. The molecular formula is C23H20F5N5. The van der Waals surface area contributed by atoms with Crippen LogP contribution in [0, 0.1) is 22.9 Å². The van der Waals surface area contributed by atoms with E-state index in [0.29, 0.717) is 18.1 Å². The lowest BCUT2D eigenvalue weighted by molar-refractivity contribution is 0.158. The number of rotatable bonds is 7. The van der Waals surface area contributed by atoms with Crippen LogP contribution in [0.3, 0.4) is 0 Å². The minimum atomic E-state index is -2.83. The molecule has 172 valence electrons. The van der Waals surface area contributed by atoms with Crippen molar-refractivity contribution in [1.82, 2.24) is 19.6 Å². The normalized spacial score (nSPS) is 15.0. The first-order chi connectivity index (χ1) is 15.7. The Kier molecular flexibility index (Phi) is 5.18. The first kappa shape index (κ1) is 21.5. The van der Waals surface area contributed by atoms with E-state index in [0.717, 1.165) is 36.3 Å². The number of alkyl halides is 2. The molecule has 1 fully saturated rings. The smallest absolute Gasteiger partial charge is 0.257 e. The Labute approximate surface area is 185 Å². The van der Waals surface area contributed by atoms with Crippen LogP contribution < -0.4 is 4.90 Å². The molecule has 0 spiro atoms. The Bertz CT molecular complexity index is 1350. The molecule has 0 N–H and O–H groups in total. The van der Waals surface area contributed by atoms with Gasteiger partial charge in [-0.05, 0) is 60.9 Å². The molecule has 0 atom stereocenters. The Morgan fingerprint density at radius 1 is 1.06 bits per heavy atom. The third kappa shape index (κ3) is 4.21. The van der Waals surface area contributed by atoms with Crippen LogP contribution in [-0.2, 0) is 6.42 Å². The Hall–Kier alpha value is -3.30. The summed E-state index contributed by atoms with van der Waals surface area (Å²) in [5.74, 6) is -2.62. The molecule has 0 saturated heterocycles. The zero-order valence-electron chi connectivity index (χ0n) is 17.7. The van der Waals surface area contributed by atoms with Crippen molar-refractivity contribution in [2.75, 3.05) is 11.4 Å². The summed E-state index contributed by atoms with van der Waals surface area (Å²) in [6, 6.07) is 5.80. The van der Waals surface area contributed by atoms with Crippen LogP contribution in [-0.4, -0.2) is 32.6 Å². The van der Waals surface area contributed by atoms with Crippen LogP contribution in [0.15, 0.2) is 36.7 Å². The maximum Gasteiger partial charge on any atom is 0.257 e. The summed E-state index contributed by atoms with van der Waals surface area (Å²) in [6.07, 6.45) is 2.03. The number of anilines is 2. The van der Waals surface area contributed by atoms with Gasteiger partial charge in [-0.25, -0.2) is 22.0 Å². The Balaban J connectivity index is 1.68. The fourth-order valence-corrected chi connectivity index (χ4v) is 4.10. The van der Waals surface area contributed by atoms with Crippen LogP contribution in [0.4, 0.5) is 33.5 Å². The van der Waals surface area contributed by atoms with E-state index in [1.165, 1.54) is 16.8 Å². The van der Waals surface area contributed by atoms with Gasteiger partial charge in [-0.3, -0.25) is 4.40 Å². The highest BCUT2D eigenvalue weighted by Crippen LogP contribution is 2.48. The molecule has 5 rings (SSSR count). The first-order valence-corrected chi connectivity index (χ1v) is 10.6. The molecule has 0 aliphatic heterocycles. The van der Waals surface area contributed by atoms with Gasteiger partial charge in [0.1, 0.15) is 23.8 Å². The Morgan fingerprint density at radius 2 is 1.82 bits per heavy atom. The van der Waals surface area contributed by atoms with E-state index >= 15 is 0 Å². The molecule has 0 radical (unpaired) electrons. The molecule has 1 aliphatic rings. The lowest BCUT2D eigenvalue weighted by Gasteiger charge is -2.26. The number of fused-ring (bicyclic) bond motifs is 3. The summed E-state index contributed by atoms with van der Waals surface area (Å²) in [6.45, 7) is 1.30. The number of aryl methyl sites for hydroxylation is 1. The second-order valence-electron chi connectivity index (χ2n) is 8.85. The van der Waals surface area contributed by atoms with E-state index in [-0.39, 0.29) is 33.6 Å². The molecule has 2 aromatic heterocycles. The second kappa shape index (κ2) is 7.93. The number of halogens is 5. The van der Waals surface area contributed by atoms with E-state index in [1.807, 2.05) is 0 Å². The fraction of sp³-hybridized carbons (Fsp3) is 0.348. The van der Waals surface area contributed by atoms with Gasteiger partial charge in [0, 0.05) is 17.1 Å². The molecule has 0 unspecified atom stereocenters. The van der Waals surface area contributed by atoms with Crippen molar-refractivity contribution in [2.24, 2.45) is 5.41 Å². The van der Waals surface area contributed by atoms with Gasteiger partial charge in [0.15, 0.2) is 5.82 Å². The third-order valence-electron chi connectivity index (χ3n) is 6.20. The summed E-state index contributed by atoms with van der Waals surface area (Å²) >= 11 is 0. The highest BCUT2D eigenvalue weighted by atomic mass is 19.3. The van der Waals surface area contributed by atoms with E-state index < -0.39 is 30.4 Å². The molecule has 10 heteroatoms.